The van der Waals surface area contributed by atoms with Crippen LogP contribution in [-0.4, -0.2) is 42.6 Å². The average Bonchev–Trinajstić information content (AvgIpc) is 2.59. The summed E-state index contributed by atoms with van der Waals surface area (Å²) in [7, 11) is -3.67. The minimum Gasteiger partial charge on any atom is -0.325 e. The van der Waals surface area contributed by atoms with Crippen molar-refractivity contribution in [3.8, 4) is 0 Å². The summed E-state index contributed by atoms with van der Waals surface area (Å²) in [4.78, 5) is 12.3. The fourth-order valence-electron chi connectivity index (χ4n) is 3.08. The zero-order valence-electron chi connectivity index (χ0n) is 15.1. The van der Waals surface area contributed by atoms with E-state index >= 15 is 0 Å². The third kappa shape index (κ3) is 5.16. The lowest BCUT2D eigenvalue weighted by Gasteiger charge is -2.34. The van der Waals surface area contributed by atoms with Crippen LogP contribution in [0, 0.1) is 6.92 Å². The van der Waals surface area contributed by atoms with Gasteiger partial charge in [-0.2, -0.15) is 17.0 Å². The molecule has 0 atom stereocenters. The highest BCUT2D eigenvalue weighted by Crippen LogP contribution is 2.20. The van der Waals surface area contributed by atoms with Crippen molar-refractivity contribution in [2.24, 2.45) is 0 Å². The monoisotopic (exact) mass is 451 g/mol. The minimum absolute atomic E-state index is 0.195. The van der Waals surface area contributed by atoms with Crippen molar-refractivity contribution in [1.82, 2.24) is 8.61 Å². The molecule has 3 rings (SSSR count). The van der Waals surface area contributed by atoms with Gasteiger partial charge in [0.2, 0.25) is 5.91 Å². The van der Waals surface area contributed by atoms with E-state index in [0.717, 1.165) is 15.6 Å². The summed E-state index contributed by atoms with van der Waals surface area (Å²) in [5.74, 6) is -0.353. The van der Waals surface area contributed by atoms with E-state index in [2.05, 4.69) is 21.2 Å². The van der Waals surface area contributed by atoms with Crippen LogP contribution in [0.5, 0.6) is 0 Å². The molecule has 0 aromatic heterocycles. The summed E-state index contributed by atoms with van der Waals surface area (Å²) in [5, 5.41) is 2.75. The van der Waals surface area contributed by atoms with E-state index in [1.807, 2.05) is 37.3 Å². The molecule has 1 amide bonds. The number of carbonyl (C=O) groups excluding carboxylic acids is 1. The van der Waals surface area contributed by atoms with Crippen molar-refractivity contribution in [2.75, 3.05) is 25.0 Å². The number of nitrogens with zero attached hydrogens (tertiary/aromatic N) is 2. The maximum Gasteiger partial charge on any atom is 0.282 e. The Balaban J connectivity index is 1.67. The van der Waals surface area contributed by atoms with Crippen molar-refractivity contribution >= 4 is 37.7 Å². The number of nitrogens with one attached hydrogen (secondary N) is 1. The molecule has 1 fully saturated rings. The predicted octanol–water partition coefficient (Wildman–Crippen LogP) is 3.15. The van der Waals surface area contributed by atoms with E-state index in [1.165, 1.54) is 8.61 Å². The van der Waals surface area contributed by atoms with Crippen LogP contribution in [0.15, 0.2) is 53.0 Å². The van der Waals surface area contributed by atoms with Gasteiger partial charge in [0.25, 0.3) is 10.2 Å². The lowest BCUT2D eigenvalue weighted by molar-refractivity contribution is -0.116. The Morgan fingerprint density at radius 2 is 1.85 bits per heavy atom. The predicted molar refractivity (Wildman–Crippen MR) is 109 cm³/mol. The molecule has 0 unspecified atom stereocenters. The van der Waals surface area contributed by atoms with Gasteiger partial charge in [-0.15, -0.1) is 0 Å². The van der Waals surface area contributed by atoms with Crippen LogP contribution in [0.25, 0.3) is 0 Å². The van der Waals surface area contributed by atoms with Crippen molar-refractivity contribution < 1.29 is 13.2 Å². The number of hydrogen-bond donors (Lipinski definition) is 1. The molecule has 0 spiro atoms. The molecule has 0 bridgehead atoms. The van der Waals surface area contributed by atoms with Gasteiger partial charge >= 0.3 is 0 Å². The van der Waals surface area contributed by atoms with Gasteiger partial charge in [0, 0.05) is 29.8 Å². The summed E-state index contributed by atoms with van der Waals surface area (Å²) in [6.45, 7) is 2.90. The number of benzene rings is 2. The van der Waals surface area contributed by atoms with Crippen LogP contribution in [0.1, 0.15) is 17.5 Å². The Morgan fingerprint density at radius 1 is 1.11 bits per heavy atom. The van der Waals surface area contributed by atoms with Crippen molar-refractivity contribution in [1.29, 1.82) is 0 Å². The van der Waals surface area contributed by atoms with Crippen LogP contribution >= 0.6 is 15.9 Å². The molecule has 1 saturated heterocycles. The fraction of sp³-hybridized carbons (Fsp3) is 0.316. The zero-order valence-corrected chi connectivity index (χ0v) is 17.5. The molecule has 1 aliphatic rings. The van der Waals surface area contributed by atoms with Gasteiger partial charge in [0.15, 0.2) is 0 Å². The smallest absolute Gasteiger partial charge is 0.282 e. The first-order valence-corrected chi connectivity index (χ1v) is 10.9. The lowest BCUT2D eigenvalue weighted by Crippen LogP contribution is -2.51. The molecule has 2 aromatic carbocycles. The van der Waals surface area contributed by atoms with Gasteiger partial charge in [-0.1, -0.05) is 51.8 Å². The Hall–Kier alpha value is -1.74. The first kappa shape index (κ1) is 20.0. The van der Waals surface area contributed by atoms with E-state index in [1.54, 1.807) is 18.2 Å². The van der Waals surface area contributed by atoms with Crippen LogP contribution in [0.3, 0.4) is 0 Å². The number of halogens is 1. The number of anilines is 1. The van der Waals surface area contributed by atoms with Crippen LogP contribution in [0.2, 0.25) is 0 Å². The second-order valence-electron chi connectivity index (χ2n) is 6.58. The standard InChI is InChI=1S/C19H22BrN3O3S/c1-15-5-2-6-16(11-15)13-22-9-4-10-23(27(22,25)26)14-19(24)21-18-8-3-7-17(20)12-18/h2-3,5-8,11-12H,4,9-10,13-14H2,1H3,(H,21,24). The minimum atomic E-state index is -3.67. The normalized spacial score (nSPS) is 17.6. The largest absolute Gasteiger partial charge is 0.325 e. The molecule has 8 heteroatoms. The summed E-state index contributed by atoms with van der Waals surface area (Å²) in [5.41, 5.74) is 2.66. The average molecular weight is 452 g/mol. The molecule has 2 aromatic rings. The second kappa shape index (κ2) is 8.52. The zero-order chi connectivity index (χ0) is 19.4. The van der Waals surface area contributed by atoms with Gasteiger partial charge in [-0.3, -0.25) is 4.79 Å². The fourth-order valence-corrected chi connectivity index (χ4v) is 5.12. The Morgan fingerprint density at radius 3 is 2.59 bits per heavy atom. The molecule has 1 N–H and O–H groups in total. The lowest BCUT2D eigenvalue weighted by atomic mass is 10.1. The number of rotatable bonds is 5. The Bertz CT molecular complexity index is 933. The van der Waals surface area contributed by atoms with Crippen molar-refractivity contribution in [3.05, 3.63) is 64.1 Å². The van der Waals surface area contributed by atoms with Crippen molar-refractivity contribution in [2.45, 2.75) is 19.9 Å². The van der Waals surface area contributed by atoms with E-state index in [-0.39, 0.29) is 12.5 Å². The topological polar surface area (TPSA) is 69.7 Å². The molecule has 6 nitrogen and oxygen atoms in total. The van der Waals surface area contributed by atoms with E-state index in [0.29, 0.717) is 31.7 Å². The first-order valence-electron chi connectivity index (χ1n) is 8.71. The number of amides is 1. The molecule has 144 valence electrons. The highest BCUT2D eigenvalue weighted by atomic mass is 79.9. The maximum absolute atomic E-state index is 12.9. The molecule has 1 aliphatic heterocycles. The number of hydrogen-bond acceptors (Lipinski definition) is 3. The molecular formula is C19H22BrN3O3S. The van der Waals surface area contributed by atoms with Crippen LogP contribution in [0.4, 0.5) is 5.69 Å². The van der Waals surface area contributed by atoms with Gasteiger partial charge in [0.1, 0.15) is 0 Å². The SMILES string of the molecule is Cc1cccc(CN2CCCN(CC(=O)Nc3cccc(Br)c3)S2(=O)=O)c1. The molecule has 1 heterocycles. The van der Waals surface area contributed by atoms with E-state index in [9.17, 15) is 13.2 Å². The van der Waals surface area contributed by atoms with Crippen LogP contribution in [-0.2, 0) is 21.5 Å². The van der Waals surface area contributed by atoms with Gasteiger partial charge in [0.05, 0.1) is 6.54 Å². The maximum atomic E-state index is 12.9. The highest BCUT2D eigenvalue weighted by Gasteiger charge is 2.34. The summed E-state index contributed by atoms with van der Waals surface area (Å²) < 4.78 is 29.4. The molecule has 0 saturated carbocycles. The van der Waals surface area contributed by atoms with E-state index in [4.69, 9.17) is 0 Å². The van der Waals surface area contributed by atoms with Gasteiger partial charge in [-0.05, 0) is 37.1 Å². The number of aryl methyl sites for hydroxylation is 1. The molecule has 27 heavy (non-hydrogen) atoms. The molecule has 0 aliphatic carbocycles. The Kier molecular flexibility index (Phi) is 6.31. The second-order valence-corrected chi connectivity index (χ2v) is 9.42. The Labute approximate surface area is 168 Å². The number of carbonyl (C=O) groups is 1. The van der Waals surface area contributed by atoms with Gasteiger partial charge < -0.3 is 5.32 Å². The summed E-state index contributed by atoms with van der Waals surface area (Å²) in [6, 6.07) is 15.0. The first-order chi connectivity index (χ1) is 12.8. The summed E-state index contributed by atoms with van der Waals surface area (Å²) >= 11 is 3.35. The quantitative estimate of drug-likeness (QED) is 0.758. The van der Waals surface area contributed by atoms with E-state index < -0.39 is 10.2 Å². The third-order valence-corrected chi connectivity index (χ3v) is 6.76. The molecular weight excluding hydrogens is 430 g/mol. The van der Waals surface area contributed by atoms with Crippen molar-refractivity contribution in [3.63, 3.8) is 0 Å². The molecule has 0 radical (unpaired) electrons. The van der Waals surface area contributed by atoms with Gasteiger partial charge in [-0.25, -0.2) is 0 Å². The highest BCUT2D eigenvalue weighted by molar-refractivity contribution is 9.10. The third-order valence-electron chi connectivity index (χ3n) is 4.34. The van der Waals surface area contributed by atoms with Crippen LogP contribution < -0.4 is 5.32 Å². The summed E-state index contributed by atoms with van der Waals surface area (Å²) in [6.07, 6.45) is 0.690.